The molecule has 5 rings (SSSR count). The number of aryl methyl sites for hydroxylation is 2. The van der Waals surface area contributed by atoms with Crippen molar-refractivity contribution in [2.24, 2.45) is 5.10 Å². The van der Waals surface area contributed by atoms with Crippen LogP contribution in [0.4, 0.5) is 13.2 Å². The normalized spacial score (nSPS) is 14.4. The summed E-state index contributed by atoms with van der Waals surface area (Å²) in [6, 6.07) is 11.5. The lowest BCUT2D eigenvalue weighted by atomic mass is 9.86. The highest BCUT2D eigenvalue weighted by Gasteiger charge is 2.40. The lowest BCUT2D eigenvalue weighted by molar-refractivity contribution is -0.138. The summed E-state index contributed by atoms with van der Waals surface area (Å²) in [4.78, 5) is 30.6. The summed E-state index contributed by atoms with van der Waals surface area (Å²) < 4.78 is 48.3. The van der Waals surface area contributed by atoms with Crippen molar-refractivity contribution in [2.45, 2.75) is 72.0 Å². The van der Waals surface area contributed by atoms with Gasteiger partial charge in [0, 0.05) is 23.6 Å². The predicted molar refractivity (Wildman–Crippen MR) is 150 cm³/mol. The van der Waals surface area contributed by atoms with Gasteiger partial charge in [-0.3, -0.25) is 14.2 Å². The first kappa shape index (κ1) is 28.3. The summed E-state index contributed by atoms with van der Waals surface area (Å²) in [7, 11) is 0. The monoisotopic (exact) mass is 564 g/mol. The first-order valence-electron chi connectivity index (χ1n) is 13.7. The van der Waals surface area contributed by atoms with E-state index in [4.69, 9.17) is 0 Å². The molecule has 1 N–H and O–H groups in total. The number of hydrogen-bond acceptors (Lipinski definition) is 5. The van der Waals surface area contributed by atoms with Crippen LogP contribution < -0.4 is 11.0 Å². The second-order valence-electron chi connectivity index (χ2n) is 10.3. The van der Waals surface area contributed by atoms with Crippen molar-refractivity contribution in [1.29, 1.82) is 0 Å². The topological polar surface area (TPSA) is 93.6 Å². The Morgan fingerprint density at radius 2 is 1.80 bits per heavy atom. The van der Waals surface area contributed by atoms with Crippen LogP contribution in [0.5, 0.6) is 0 Å². The number of aromatic nitrogens is 4. The average Bonchev–Trinajstić information content (AvgIpc) is 3.54. The Balaban J connectivity index is 1.82. The van der Waals surface area contributed by atoms with Crippen LogP contribution in [-0.4, -0.2) is 30.8 Å². The minimum Gasteiger partial charge on any atom is -0.274 e. The predicted octanol–water partition coefficient (Wildman–Crippen LogP) is 5.62. The van der Waals surface area contributed by atoms with E-state index >= 15 is 13.2 Å². The molecule has 0 saturated heterocycles. The van der Waals surface area contributed by atoms with Crippen molar-refractivity contribution >= 4 is 17.4 Å². The maximum atomic E-state index is 15.1. The Kier molecular flexibility index (Phi) is 7.54. The summed E-state index contributed by atoms with van der Waals surface area (Å²) in [6.07, 6.45) is -3.63. The van der Waals surface area contributed by atoms with E-state index in [-0.39, 0.29) is 46.8 Å². The number of carbonyl (C=O) groups excluding carboxylic acids is 1. The Morgan fingerprint density at radius 3 is 2.41 bits per heavy atom. The molecule has 0 spiro atoms. The van der Waals surface area contributed by atoms with Gasteiger partial charge in [-0.15, -0.1) is 0 Å². The van der Waals surface area contributed by atoms with Crippen LogP contribution in [0.15, 0.2) is 52.4 Å². The quantitative estimate of drug-likeness (QED) is 0.301. The smallest absolute Gasteiger partial charge is 0.274 e. The molecule has 2 aromatic carbocycles. The number of benzene rings is 2. The number of hydrogen-bond donors (Lipinski definition) is 1. The summed E-state index contributed by atoms with van der Waals surface area (Å²) >= 11 is 0. The highest BCUT2D eigenvalue weighted by Crippen LogP contribution is 2.41. The first-order chi connectivity index (χ1) is 19.5. The highest BCUT2D eigenvalue weighted by molar-refractivity contribution is 6.17. The fourth-order valence-corrected chi connectivity index (χ4v) is 5.45. The second-order valence-corrected chi connectivity index (χ2v) is 10.3. The SMILES string of the molecule is CCCc1c(Cc2ccc(-c3ccccc3)c(C3=NNC(=O)C3)c2C(F)(F)F)c(=O)n(C(C)CC)c2nc(C)nn12. The summed E-state index contributed by atoms with van der Waals surface area (Å²) in [6.45, 7) is 7.48. The van der Waals surface area contributed by atoms with Gasteiger partial charge in [-0.2, -0.15) is 28.4 Å². The molecule has 1 atom stereocenters. The van der Waals surface area contributed by atoms with Crippen molar-refractivity contribution in [3.8, 4) is 11.1 Å². The van der Waals surface area contributed by atoms with Gasteiger partial charge >= 0.3 is 6.18 Å². The molecular weight excluding hydrogens is 533 g/mol. The molecule has 8 nitrogen and oxygen atoms in total. The number of carbonyl (C=O) groups is 1. The summed E-state index contributed by atoms with van der Waals surface area (Å²) in [5.41, 5.74) is 2.46. The Labute approximate surface area is 234 Å². The van der Waals surface area contributed by atoms with Gasteiger partial charge in [0.15, 0.2) is 0 Å². The third-order valence-electron chi connectivity index (χ3n) is 7.47. The molecule has 1 aliphatic rings. The van der Waals surface area contributed by atoms with Crippen molar-refractivity contribution in [2.75, 3.05) is 0 Å². The van der Waals surface area contributed by atoms with Gasteiger partial charge in [-0.05, 0) is 43.4 Å². The fourth-order valence-electron chi connectivity index (χ4n) is 5.45. The van der Waals surface area contributed by atoms with Gasteiger partial charge in [0.1, 0.15) is 5.82 Å². The molecule has 41 heavy (non-hydrogen) atoms. The van der Waals surface area contributed by atoms with E-state index in [1.807, 2.05) is 20.8 Å². The van der Waals surface area contributed by atoms with E-state index in [0.29, 0.717) is 47.7 Å². The number of rotatable bonds is 8. The maximum Gasteiger partial charge on any atom is 0.417 e. The maximum absolute atomic E-state index is 15.1. The molecule has 3 heterocycles. The molecule has 11 heteroatoms. The molecule has 0 bridgehead atoms. The van der Waals surface area contributed by atoms with Crippen LogP contribution in [0.2, 0.25) is 0 Å². The number of nitrogens with zero attached hydrogens (tertiary/aromatic N) is 5. The Morgan fingerprint density at radius 1 is 1.07 bits per heavy atom. The zero-order chi connectivity index (χ0) is 29.5. The largest absolute Gasteiger partial charge is 0.417 e. The van der Waals surface area contributed by atoms with Crippen LogP contribution in [0.1, 0.15) is 79.8 Å². The minimum absolute atomic E-state index is 0.0104. The van der Waals surface area contributed by atoms with E-state index in [1.165, 1.54) is 10.6 Å². The average molecular weight is 565 g/mol. The number of amides is 1. The molecule has 0 radical (unpaired) electrons. The molecule has 1 amide bonds. The van der Waals surface area contributed by atoms with Gasteiger partial charge in [0.05, 0.1) is 23.4 Å². The third kappa shape index (κ3) is 5.16. The molecule has 1 aliphatic heterocycles. The van der Waals surface area contributed by atoms with Crippen molar-refractivity contribution in [1.82, 2.24) is 24.6 Å². The van der Waals surface area contributed by atoms with E-state index in [0.717, 1.165) is 0 Å². The van der Waals surface area contributed by atoms with Crippen molar-refractivity contribution < 1.29 is 18.0 Å². The number of nitrogens with one attached hydrogen (secondary N) is 1. The molecule has 0 aliphatic carbocycles. The molecule has 214 valence electrons. The first-order valence-corrected chi connectivity index (χ1v) is 13.7. The molecule has 2 aromatic heterocycles. The molecule has 0 fully saturated rings. The second kappa shape index (κ2) is 10.9. The number of hydrazone groups is 1. The van der Waals surface area contributed by atoms with Crippen LogP contribution in [0.3, 0.4) is 0 Å². The highest BCUT2D eigenvalue weighted by atomic mass is 19.4. The lowest BCUT2D eigenvalue weighted by Gasteiger charge is -2.23. The van der Waals surface area contributed by atoms with Gasteiger partial charge in [-0.1, -0.05) is 62.7 Å². The lowest BCUT2D eigenvalue weighted by Crippen LogP contribution is -2.32. The van der Waals surface area contributed by atoms with Crippen molar-refractivity contribution in [3.63, 3.8) is 0 Å². The minimum atomic E-state index is -4.79. The number of fused-ring (bicyclic) bond motifs is 1. The summed E-state index contributed by atoms with van der Waals surface area (Å²) in [5.74, 6) is 0.374. The molecule has 0 saturated carbocycles. The van der Waals surface area contributed by atoms with Gasteiger partial charge in [-0.25, -0.2) is 9.94 Å². The Hall–Kier alpha value is -4.28. The van der Waals surface area contributed by atoms with Gasteiger partial charge < -0.3 is 0 Å². The van der Waals surface area contributed by atoms with E-state index < -0.39 is 17.6 Å². The Bertz CT molecular complexity index is 1720. The zero-order valence-corrected chi connectivity index (χ0v) is 23.3. The van der Waals surface area contributed by atoms with Crippen LogP contribution >= 0.6 is 0 Å². The number of alkyl halides is 3. The van der Waals surface area contributed by atoms with Crippen LogP contribution in [0, 0.1) is 6.92 Å². The van der Waals surface area contributed by atoms with Crippen molar-refractivity contribution in [3.05, 3.63) is 86.6 Å². The molecule has 1 unspecified atom stereocenters. The molecular formula is C30H31F3N6O2. The third-order valence-corrected chi connectivity index (χ3v) is 7.47. The van der Waals surface area contributed by atoms with Gasteiger partial charge in [0.25, 0.3) is 5.56 Å². The van der Waals surface area contributed by atoms with E-state index in [2.05, 4.69) is 20.6 Å². The zero-order valence-electron chi connectivity index (χ0n) is 23.3. The van der Waals surface area contributed by atoms with E-state index in [9.17, 15) is 9.59 Å². The summed E-state index contributed by atoms with van der Waals surface area (Å²) in [5, 5.41) is 8.51. The number of halogens is 3. The fraction of sp³-hybridized carbons (Fsp3) is 0.367. The van der Waals surface area contributed by atoms with Crippen LogP contribution in [0.25, 0.3) is 16.9 Å². The van der Waals surface area contributed by atoms with Gasteiger partial charge in [0.2, 0.25) is 11.7 Å². The molecule has 4 aromatic rings. The van der Waals surface area contributed by atoms with Crippen LogP contribution in [-0.2, 0) is 23.8 Å². The standard InChI is InChI=1S/C30H31F3N6O2/c1-5-10-24-22(28(41)38(17(3)6-2)29-34-18(4)37-39(24)29)15-20-13-14-21(19-11-8-7-9-12-19)26(27(20)30(31,32)33)23-16-25(40)36-35-23/h7-9,11-14,17H,5-6,10,15-16H2,1-4H3,(H,36,40). The van der Waals surface area contributed by atoms with E-state index in [1.54, 1.807) is 47.8 Å².